The Morgan fingerprint density at radius 1 is 1.33 bits per heavy atom. The lowest BCUT2D eigenvalue weighted by atomic mass is 10.2. The van der Waals surface area contributed by atoms with Crippen molar-refractivity contribution in [2.75, 3.05) is 6.54 Å². The number of nitrogens with one attached hydrogen (secondary N) is 2. The second-order valence-corrected chi connectivity index (χ2v) is 4.21. The Morgan fingerprint density at radius 3 is 2.67 bits per heavy atom. The first-order valence-electron chi connectivity index (χ1n) is 6.14. The van der Waals surface area contributed by atoms with Gasteiger partial charge >= 0.3 is 0 Å². The highest BCUT2D eigenvalue weighted by atomic mass is 15.3. The van der Waals surface area contributed by atoms with E-state index in [0.29, 0.717) is 6.04 Å². The van der Waals surface area contributed by atoms with Gasteiger partial charge in [-0.05, 0) is 19.3 Å². The van der Waals surface area contributed by atoms with Crippen LogP contribution in [0.2, 0.25) is 0 Å². The van der Waals surface area contributed by atoms with Gasteiger partial charge in [0.25, 0.3) is 0 Å². The van der Waals surface area contributed by atoms with Crippen LogP contribution in [-0.2, 0) is 0 Å². The zero-order valence-corrected chi connectivity index (χ0v) is 9.76. The van der Waals surface area contributed by atoms with E-state index in [0.717, 1.165) is 18.9 Å². The van der Waals surface area contributed by atoms with Gasteiger partial charge in [-0.1, -0.05) is 32.6 Å². The van der Waals surface area contributed by atoms with Crippen LogP contribution < -0.4 is 16.6 Å². The molecule has 0 aliphatic heterocycles. The molecule has 1 rings (SSSR count). The van der Waals surface area contributed by atoms with Crippen molar-refractivity contribution in [2.24, 2.45) is 10.8 Å². The van der Waals surface area contributed by atoms with E-state index >= 15 is 0 Å². The number of nitrogens with zero attached hydrogens (tertiary/aromatic N) is 1. The average Bonchev–Trinajstić information content (AvgIpc) is 2.75. The molecule has 0 amide bonds. The van der Waals surface area contributed by atoms with Crippen LogP contribution in [0.5, 0.6) is 0 Å². The monoisotopic (exact) mass is 212 g/mol. The Bertz CT molecular complexity index is 185. The summed E-state index contributed by atoms with van der Waals surface area (Å²) in [5.41, 5.74) is 2.64. The molecule has 1 aliphatic carbocycles. The van der Waals surface area contributed by atoms with Gasteiger partial charge < -0.3 is 5.32 Å². The topological polar surface area (TPSA) is 62.4 Å². The summed E-state index contributed by atoms with van der Waals surface area (Å²) < 4.78 is 0. The van der Waals surface area contributed by atoms with Gasteiger partial charge in [0.1, 0.15) is 0 Å². The van der Waals surface area contributed by atoms with Crippen LogP contribution >= 0.6 is 0 Å². The smallest absolute Gasteiger partial charge is 0.205 e. The molecule has 88 valence electrons. The van der Waals surface area contributed by atoms with Crippen molar-refractivity contribution in [3.05, 3.63) is 0 Å². The first kappa shape index (κ1) is 12.3. The van der Waals surface area contributed by atoms with Crippen LogP contribution in [0.3, 0.4) is 0 Å². The van der Waals surface area contributed by atoms with E-state index < -0.39 is 0 Å². The van der Waals surface area contributed by atoms with Crippen LogP contribution in [0, 0.1) is 0 Å². The van der Waals surface area contributed by atoms with E-state index in [1.165, 1.54) is 38.5 Å². The Labute approximate surface area is 92.7 Å². The van der Waals surface area contributed by atoms with E-state index in [2.05, 4.69) is 22.7 Å². The Kier molecular flexibility index (Phi) is 6.16. The highest BCUT2D eigenvalue weighted by Gasteiger charge is 2.15. The van der Waals surface area contributed by atoms with Crippen molar-refractivity contribution >= 4 is 5.96 Å². The first-order valence-corrected chi connectivity index (χ1v) is 6.14. The van der Waals surface area contributed by atoms with Crippen molar-refractivity contribution in [1.29, 1.82) is 0 Å². The molecule has 0 atom stereocenters. The number of hydrogen-bond acceptors (Lipinski definition) is 2. The number of rotatable bonds is 5. The molecule has 4 heteroatoms. The van der Waals surface area contributed by atoms with Gasteiger partial charge in [-0.3, -0.25) is 10.4 Å². The minimum Gasteiger partial charge on any atom is -0.353 e. The molecule has 0 saturated heterocycles. The Hall–Kier alpha value is -0.770. The van der Waals surface area contributed by atoms with Crippen molar-refractivity contribution in [2.45, 2.75) is 57.9 Å². The van der Waals surface area contributed by atoms with Crippen molar-refractivity contribution in [1.82, 2.24) is 10.7 Å². The third kappa shape index (κ3) is 5.02. The molecular weight excluding hydrogens is 188 g/mol. The van der Waals surface area contributed by atoms with Gasteiger partial charge in [0, 0.05) is 12.6 Å². The maximum atomic E-state index is 5.42. The van der Waals surface area contributed by atoms with Gasteiger partial charge in [-0.25, -0.2) is 5.84 Å². The summed E-state index contributed by atoms with van der Waals surface area (Å²) in [6.45, 7) is 3.07. The van der Waals surface area contributed by atoms with Crippen molar-refractivity contribution in [3.8, 4) is 0 Å². The van der Waals surface area contributed by atoms with E-state index in [-0.39, 0.29) is 0 Å². The van der Waals surface area contributed by atoms with Crippen molar-refractivity contribution in [3.63, 3.8) is 0 Å². The molecule has 0 spiro atoms. The van der Waals surface area contributed by atoms with Crippen molar-refractivity contribution < 1.29 is 0 Å². The third-order valence-electron chi connectivity index (χ3n) is 2.86. The summed E-state index contributed by atoms with van der Waals surface area (Å²) in [6.07, 6.45) is 8.76. The van der Waals surface area contributed by atoms with E-state index in [4.69, 9.17) is 5.84 Å². The highest BCUT2D eigenvalue weighted by Crippen LogP contribution is 2.17. The molecule has 0 aromatic heterocycles. The molecule has 4 N–H and O–H groups in total. The van der Waals surface area contributed by atoms with E-state index in [1.54, 1.807) is 0 Å². The van der Waals surface area contributed by atoms with Gasteiger partial charge in [0.2, 0.25) is 5.96 Å². The Balaban J connectivity index is 2.20. The molecule has 0 unspecified atom stereocenters. The molecule has 0 aromatic carbocycles. The number of hydrazine groups is 1. The van der Waals surface area contributed by atoms with Crippen LogP contribution in [0.15, 0.2) is 4.99 Å². The standard InChI is InChI=1S/C11H24N4/c1-2-3-6-9-13-11(15-12)14-10-7-4-5-8-10/h10H,2-9,12H2,1H3,(H2,13,14,15). The lowest BCUT2D eigenvalue weighted by Gasteiger charge is -2.14. The molecule has 4 nitrogen and oxygen atoms in total. The molecular formula is C11H24N4. The molecule has 1 aliphatic rings. The fourth-order valence-electron chi connectivity index (χ4n) is 1.95. The minimum absolute atomic E-state index is 0.575. The van der Waals surface area contributed by atoms with E-state index in [1.807, 2.05) is 0 Å². The largest absolute Gasteiger partial charge is 0.353 e. The lowest BCUT2D eigenvalue weighted by molar-refractivity contribution is 0.612. The van der Waals surface area contributed by atoms with Gasteiger partial charge in [0.15, 0.2) is 0 Å². The number of aliphatic imine (C=N–C) groups is 1. The van der Waals surface area contributed by atoms with Crippen LogP contribution in [0.25, 0.3) is 0 Å². The maximum Gasteiger partial charge on any atom is 0.205 e. The first-order chi connectivity index (χ1) is 7.36. The number of hydrogen-bond donors (Lipinski definition) is 3. The quantitative estimate of drug-likeness (QED) is 0.213. The molecule has 1 fully saturated rings. The second kappa shape index (κ2) is 7.51. The minimum atomic E-state index is 0.575. The second-order valence-electron chi connectivity index (χ2n) is 4.21. The third-order valence-corrected chi connectivity index (χ3v) is 2.86. The SMILES string of the molecule is CCCCCN=C(NN)NC1CCCC1. The van der Waals surface area contributed by atoms with Crippen LogP contribution in [0.1, 0.15) is 51.9 Å². The molecule has 0 heterocycles. The molecule has 0 bridgehead atoms. The average molecular weight is 212 g/mol. The Morgan fingerprint density at radius 2 is 2.07 bits per heavy atom. The fraction of sp³-hybridized carbons (Fsp3) is 0.909. The zero-order chi connectivity index (χ0) is 10.9. The lowest BCUT2D eigenvalue weighted by Crippen LogP contribution is -2.45. The maximum absolute atomic E-state index is 5.42. The predicted molar refractivity (Wildman–Crippen MR) is 64.5 cm³/mol. The summed E-state index contributed by atoms with van der Waals surface area (Å²) in [5.74, 6) is 6.18. The normalized spacial score (nSPS) is 18.1. The summed E-state index contributed by atoms with van der Waals surface area (Å²) in [7, 11) is 0. The molecule has 15 heavy (non-hydrogen) atoms. The van der Waals surface area contributed by atoms with Gasteiger partial charge in [-0.2, -0.15) is 0 Å². The summed E-state index contributed by atoms with van der Waals surface area (Å²) in [5, 5.41) is 3.36. The highest BCUT2D eigenvalue weighted by molar-refractivity contribution is 5.79. The molecule has 0 aromatic rings. The number of guanidine groups is 1. The molecule has 0 radical (unpaired) electrons. The summed E-state index contributed by atoms with van der Waals surface area (Å²) >= 11 is 0. The van der Waals surface area contributed by atoms with E-state index in [9.17, 15) is 0 Å². The summed E-state index contributed by atoms with van der Waals surface area (Å²) in [6, 6.07) is 0.575. The van der Waals surface area contributed by atoms with Crippen LogP contribution in [-0.4, -0.2) is 18.5 Å². The zero-order valence-electron chi connectivity index (χ0n) is 9.76. The van der Waals surface area contributed by atoms with Crippen LogP contribution in [0.4, 0.5) is 0 Å². The fourth-order valence-corrected chi connectivity index (χ4v) is 1.95. The summed E-state index contributed by atoms with van der Waals surface area (Å²) in [4.78, 5) is 4.41. The number of nitrogens with two attached hydrogens (primary N) is 1. The molecule has 1 saturated carbocycles. The van der Waals surface area contributed by atoms with Gasteiger partial charge in [0.05, 0.1) is 0 Å². The van der Waals surface area contributed by atoms with Gasteiger partial charge in [-0.15, -0.1) is 0 Å². The predicted octanol–water partition coefficient (Wildman–Crippen LogP) is 1.53. The number of unbranched alkanes of at least 4 members (excludes halogenated alkanes) is 2.